The van der Waals surface area contributed by atoms with E-state index < -0.39 is 6.04 Å². The van der Waals surface area contributed by atoms with Crippen molar-refractivity contribution in [3.8, 4) is 11.5 Å². The molecule has 2 aromatic carbocycles. The number of phenols is 2. The summed E-state index contributed by atoms with van der Waals surface area (Å²) in [7, 11) is 0. The molecule has 6 nitrogen and oxygen atoms in total. The Bertz CT molecular complexity index is 759. The molecule has 0 amide bonds. The minimum atomic E-state index is -0.751. The maximum Gasteiger partial charge on any atom is 0.139 e. The van der Waals surface area contributed by atoms with Crippen LogP contribution in [0.5, 0.6) is 11.5 Å². The zero-order valence-corrected chi connectivity index (χ0v) is 12.0. The van der Waals surface area contributed by atoms with Crippen LogP contribution in [0.15, 0.2) is 52.7 Å². The van der Waals surface area contributed by atoms with E-state index in [-0.39, 0.29) is 11.5 Å². The Morgan fingerprint density at radius 1 is 1.05 bits per heavy atom. The van der Waals surface area contributed by atoms with Gasteiger partial charge in [0.25, 0.3) is 0 Å². The molecule has 0 aromatic heterocycles. The van der Waals surface area contributed by atoms with Crippen LogP contribution < -0.4 is 0 Å². The Labute approximate surface area is 131 Å². The monoisotopic (exact) mass is 317 g/mol. The number of phenolic OH excluding ortho intramolecular Hbond substituents is 2. The molecule has 0 fully saturated rings. The van der Waals surface area contributed by atoms with Gasteiger partial charge in [-0.1, -0.05) is 23.7 Å². The molecule has 3 N–H and O–H groups in total. The highest BCUT2D eigenvalue weighted by Gasteiger charge is 2.29. The zero-order valence-electron chi connectivity index (χ0n) is 11.3. The van der Waals surface area contributed by atoms with Gasteiger partial charge in [0.05, 0.1) is 0 Å². The van der Waals surface area contributed by atoms with Crippen molar-refractivity contribution in [3.63, 3.8) is 0 Å². The molecule has 112 valence electrons. The maximum absolute atomic E-state index is 10.1. The Morgan fingerprint density at radius 3 is 2.45 bits per heavy atom. The molecule has 0 radical (unpaired) electrons. The van der Waals surface area contributed by atoms with Gasteiger partial charge in [-0.2, -0.15) is 5.10 Å². The SMILES string of the molecule is Oc1ccc(C2C(c3ccc(Cl)cc3)=NN=CN2O)c(O)c1. The lowest BCUT2D eigenvalue weighted by Gasteiger charge is -2.28. The first-order valence-corrected chi connectivity index (χ1v) is 6.80. The molecule has 22 heavy (non-hydrogen) atoms. The number of hydrogen-bond donors (Lipinski definition) is 3. The van der Waals surface area contributed by atoms with E-state index in [4.69, 9.17) is 11.6 Å². The van der Waals surface area contributed by atoms with Gasteiger partial charge in [-0.15, -0.1) is 5.10 Å². The first-order valence-electron chi connectivity index (χ1n) is 6.42. The van der Waals surface area contributed by atoms with Gasteiger partial charge in [-0.25, -0.2) is 5.06 Å². The molecule has 3 rings (SSSR count). The fourth-order valence-corrected chi connectivity index (χ4v) is 2.40. The Balaban J connectivity index is 2.08. The average molecular weight is 318 g/mol. The van der Waals surface area contributed by atoms with Crippen LogP contribution in [-0.2, 0) is 0 Å². The second-order valence-corrected chi connectivity index (χ2v) is 5.19. The maximum atomic E-state index is 10.1. The first-order chi connectivity index (χ1) is 10.6. The van der Waals surface area contributed by atoms with Crippen LogP contribution in [0.3, 0.4) is 0 Å². The molecule has 0 spiro atoms. The predicted molar refractivity (Wildman–Crippen MR) is 82.6 cm³/mol. The van der Waals surface area contributed by atoms with Gasteiger partial charge >= 0.3 is 0 Å². The number of rotatable bonds is 2. The predicted octanol–water partition coefficient (Wildman–Crippen LogP) is 2.93. The minimum Gasteiger partial charge on any atom is -0.508 e. The topological polar surface area (TPSA) is 88.7 Å². The minimum absolute atomic E-state index is 0.0693. The molecule has 0 saturated heterocycles. The average Bonchev–Trinajstić information content (AvgIpc) is 2.49. The molecule has 1 unspecified atom stereocenters. The molecular formula is C15H12ClN3O3. The molecule has 1 atom stereocenters. The van der Waals surface area contributed by atoms with E-state index in [9.17, 15) is 15.4 Å². The van der Waals surface area contributed by atoms with E-state index in [0.717, 1.165) is 11.4 Å². The Kier molecular flexibility index (Phi) is 3.70. The third kappa shape index (κ3) is 2.61. The smallest absolute Gasteiger partial charge is 0.139 e. The summed E-state index contributed by atoms with van der Waals surface area (Å²) < 4.78 is 0. The second kappa shape index (κ2) is 5.67. The van der Waals surface area contributed by atoms with Crippen molar-refractivity contribution in [2.45, 2.75) is 6.04 Å². The number of halogens is 1. The van der Waals surface area contributed by atoms with Gasteiger partial charge in [-0.3, -0.25) is 5.21 Å². The molecule has 0 saturated carbocycles. The van der Waals surface area contributed by atoms with Gasteiger partial charge in [0.2, 0.25) is 0 Å². The summed E-state index contributed by atoms with van der Waals surface area (Å²) in [6, 6.07) is 10.3. The summed E-state index contributed by atoms with van der Waals surface area (Å²) in [6.45, 7) is 0. The highest BCUT2D eigenvalue weighted by atomic mass is 35.5. The van der Waals surface area contributed by atoms with Crippen molar-refractivity contribution in [2.24, 2.45) is 10.2 Å². The van der Waals surface area contributed by atoms with Gasteiger partial charge in [-0.05, 0) is 24.3 Å². The van der Waals surface area contributed by atoms with E-state index >= 15 is 0 Å². The fraction of sp³-hybridized carbons (Fsp3) is 0.0667. The van der Waals surface area contributed by atoms with Crippen LogP contribution in [0.2, 0.25) is 5.02 Å². The molecule has 7 heteroatoms. The van der Waals surface area contributed by atoms with Crippen LogP contribution in [0.25, 0.3) is 0 Å². The summed E-state index contributed by atoms with van der Waals surface area (Å²) in [5, 5.41) is 38.8. The van der Waals surface area contributed by atoms with E-state index in [1.165, 1.54) is 18.2 Å². The quantitative estimate of drug-likeness (QED) is 0.794. The van der Waals surface area contributed by atoms with E-state index in [1.54, 1.807) is 24.3 Å². The number of hydroxylamine groups is 2. The first kappa shape index (κ1) is 14.4. The molecule has 1 aliphatic rings. The van der Waals surface area contributed by atoms with Crippen molar-refractivity contribution in [1.82, 2.24) is 5.06 Å². The zero-order chi connectivity index (χ0) is 15.7. The summed E-state index contributed by atoms with van der Waals surface area (Å²) in [5.74, 6) is -0.221. The van der Waals surface area contributed by atoms with Gasteiger partial charge < -0.3 is 10.2 Å². The van der Waals surface area contributed by atoms with E-state index in [2.05, 4.69) is 10.2 Å². The van der Waals surface area contributed by atoms with Gasteiger partial charge in [0.1, 0.15) is 29.6 Å². The summed E-state index contributed by atoms with van der Waals surface area (Å²) in [5.41, 5.74) is 1.54. The molecule has 1 heterocycles. The van der Waals surface area contributed by atoms with Crippen LogP contribution >= 0.6 is 11.6 Å². The van der Waals surface area contributed by atoms with E-state index in [0.29, 0.717) is 21.9 Å². The van der Waals surface area contributed by atoms with Crippen molar-refractivity contribution in [1.29, 1.82) is 0 Å². The van der Waals surface area contributed by atoms with Gasteiger partial charge in [0, 0.05) is 22.2 Å². The molecular weight excluding hydrogens is 306 g/mol. The summed E-state index contributed by atoms with van der Waals surface area (Å²) in [6.07, 6.45) is 1.15. The van der Waals surface area contributed by atoms with Crippen LogP contribution in [-0.4, -0.2) is 32.5 Å². The normalized spacial score (nSPS) is 17.5. The number of hydrogen-bond acceptors (Lipinski definition) is 6. The van der Waals surface area contributed by atoms with Crippen molar-refractivity contribution in [2.75, 3.05) is 0 Å². The second-order valence-electron chi connectivity index (χ2n) is 4.75. The molecule has 1 aliphatic heterocycles. The number of nitrogens with zero attached hydrogens (tertiary/aromatic N) is 3. The molecule has 2 aromatic rings. The fourth-order valence-electron chi connectivity index (χ4n) is 2.28. The van der Waals surface area contributed by atoms with Gasteiger partial charge in [0.15, 0.2) is 0 Å². The molecule has 0 bridgehead atoms. The standard InChI is InChI=1S/C15H12ClN3O3/c16-10-3-1-9(2-4-10)14-15(19(22)8-17-18-14)12-6-5-11(20)7-13(12)21/h1-8,15,20-22H. The van der Waals surface area contributed by atoms with Crippen LogP contribution in [0.4, 0.5) is 0 Å². The third-order valence-electron chi connectivity index (χ3n) is 3.31. The lowest BCUT2D eigenvalue weighted by atomic mass is 9.95. The highest BCUT2D eigenvalue weighted by Crippen LogP contribution is 2.34. The number of aromatic hydroxyl groups is 2. The third-order valence-corrected chi connectivity index (χ3v) is 3.56. The van der Waals surface area contributed by atoms with Crippen molar-refractivity contribution in [3.05, 3.63) is 58.6 Å². The van der Waals surface area contributed by atoms with Crippen molar-refractivity contribution >= 4 is 23.7 Å². The Hall–Kier alpha value is -2.57. The lowest BCUT2D eigenvalue weighted by Crippen LogP contribution is -2.33. The van der Waals surface area contributed by atoms with E-state index in [1.807, 2.05) is 0 Å². The Morgan fingerprint density at radius 2 is 1.77 bits per heavy atom. The number of benzene rings is 2. The summed E-state index contributed by atoms with van der Waals surface area (Å²) in [4.78, 5) is 0. The van der Waals surface area contributed by atoms with Crippen LogP contribution in [0.1, 0.15) is 17.2 Å². The highest BCUT2D eigenvalue weighted by molar-refractivity contribution is 6.30. The molecule has 0 aliphatic carbocycles. The summed E-state index contributed by atoms with van der Waals surface area (Å²) >= 11 is 5.88. The lowest BCUT2D eigenvalue weighted by molar-refractivity contribution is -0.0296. The largest absolute Gasteiger partial charge is 0.508 e. The van der Waals surface area contributed by atoms with Crippen LogP contribution in [0, 0.1) is 0 Å². The van der Waals surface area contributed by atoms with Crippen molar-refractivity contribution < 1.29 is 15.4 Å².